The highest BCUT2D eigenvalue weighted by molar-refractivity contribution is 6.31. The zero-order valence-corrected chi connectivity index (χ0v) is 9.93. The molecular formula is C12H14ClN3. The first-order chi connectivity index (χ1) is 7.72. The molecule has 0 spiro atoms. The Hall–Kier alpha value is -1.06. The second-order valence-electron chi connectivity index (χ2n) is 4.46. The van der Waals surface area contributed by atoms with Crippen LogP contribution in [-0.4, -0.2) is 16.0 Å². The zero-order chi connectivity index (χ0) is 11.1. The van der Waals surface area contributed by atoms with Crippen molar-refractivity contribution in [2.75, 3.05) is 0 Å². The van der Waals surface area contributed by atoms with Crippen LogP contribution >= 0.6 is 11.6 Å². The molecule has 1 aromatic heterocycles. The van der Waals surface area contributed by atoms with E-state index in [0.29, 0.717) is 6.04 Å². The summed E-state index contributed by atoms with van der Waals surface area (Å²) < 4.78 is 0. The van der Waals surface area contributed by atoms with Gasteiger partial charge in [0.05, 0.1) is 17.6 Å². The fourth-order valence-corrected chi connectivity index (χ4v) is 2.18. The van der Waals surface area contributed by atoms with Gasteiger partial charge in [0.15, 0.2) is 0 Å². The van der Waals surface area contributed by atoms with Crippen molar-refractivity contribution in [3.63, 3.8) is 0 Å². The number of imidazole rings is 1. The molecule has 16 heavy (non-hydrogen) atoms. The number of nitrogens with one attached hydrogen (secondary N) is 2. The molecule has 1 heterocycles. The molecule has 0 bridgehead atoms. The van der Waals surface area contributed by atoms with Crippen molar-refractivity contribution in [3.05, 3.63) is 28.5 Å². The highest BCUT2D eigenvalue weighted by atomic mass is 35.5. The largest absolute Gasteiger partial charge is 0.341 e. The summed E-state index contributed by atoms with van der Waals surface area (Å²) in [6.45, 7) is 2.85. The van der Waals surface area contributed by atoms with Gasteiger partial charge in [-0.1, -0.05) is 11.6 Å². The van der Waals surface area contributed by atoms with Gasteiger partial charge in [-0.25, -0.2) is 4.98 Å². The third kappa shape index (κ3) is 1.93. The van der Waals surface area contributed by atoms with Crippen molar-refractivity contribution in [2.24, 2.45) is 0 Å². The third-order valence-corrected chi connectivity index (χ3v) is 3.14. The maximum Gasteiger partial charge on any atom is 0.121 e. The molecule has 2 aromatic rings. The maximum atomic E-state index is 6.01. The van der Waals surface area contributed by atoms with E-state index in [9.17, 15) is 0 Å². The minimum absolute atomic E-state index is 0.706. The minimum Gasteiger partial charge on any atom is -0.341 e. The van der Waals surface area contributed by atoms with Gasteiger partial charge in [-0.3, -0.25) is 0 Å². The molecule has 84 valence electrons. The Labute approximate surface area is 99.2 Å². The predicted octanol–water partition coefficient (Wildman–Crippen LogP) is 2.78. The van der Waals surface area contributed by atoms with Crippen LogP contribution in [0.2, 0.25) is 5.02 Å². The van der Waals surface area contributed by atoms with Gasteiger partial charge in [0.1, 0.15) is 5.82 Å². The molecule has 2 N–H and O–H groups in total. The lowest BCUT2D eigenvalue weighted by molar-refractivity contribution is 0.665. The van der Waals surface area contributed by atoms with E-state index in [1.807, 2.05) is 19.1 Å². The lowest BCUT2D eigenvalue weighted by Crippen LogP contribution is -2.16. The quantitative estimate of drug-likeness (QED) is 0.859. The molecule has 0 amide bonds. The van der Waals surface area contributed by atoms with Crippen LogP contribution in [-0.2, 0) is 6.54 Å². The predicted molar refractivity (Wildman–Crippen MR) is 65.7 cm³/mol. The number of aromatic nitrogens is 2. The number of aromatic amines is 1. The summed E-state index contributed by atoms with van der Waals surface area (Å²) >= 11 is 6.01. The lowest BCUT2D eigenvalue weighted by atomic mass is 10.2. The van der Waals surface area contributed by atoms with E-state index in [1.54, 1.807) is 0 Å². The fourth-order valence-electron chi connectivity index (χ4n) is 1.91. The van der Waals surface area contributed by atoms with E-state index in [1.165, 1.54) is 12.8 Å². The Bertz CT molecular complexity index is 528. The van der Waals surface area contributed by atoms with E-state index in [-0.39, 0.29) is 0 Å². The second kappa shape index (κ2) is 3.75. The molecule has 0 saturated heterocycles. The summed E-state index contributed by atoms with van der Waals surface area (Å²) in [5, 5.41) is 4.20. The smallest absolute Gasteiger partial charge is 0.121 e. The number of nitrogens with zero attached hydrogens (tertiary/aromatic N) is 1. The van der Waals surface area contributed by atoms with Gasteiger partial charge in [0, 0.05) is 11.1 Å². The van der Waals surface area contributed by atoms with Crippen molar-refractivity contribution in [1.29, 1.82) is 0 Å². The normalized spacial score (nSPS) is 15.9. The molecule has 1 fully saturated rings. The number of hydrogen-bond donors (Lipinski definition) is 2. The molecule has 3 nitrogen and oxygen atoms in total. The van der Waals surface area contributed by atoms with Crippen molar-refractivity contribution >= 4 is 22.6 Å². The van der Waals surface area contributed by atoms with Gasteiger partial charge in [-0.2, -0.15) is 0 Å². The van der Waals surface area contributed by atoms with Gasteiger partial charge in [-0.05, 0) is 37.5 Å². The third-order valence-electron chi connectivity index (χ3n) is 2.93. The Morgan fingerprint density at radius 3 is 3.06 bits per heavy atom. The van der Waals surface area contributed by atoms with Crippen molar-refractivity contribution in [1.82, 2.24) is 15.3 Å². The topological polar surface area (TPSA) is 40.7 Å². The second-order valence-corrected chi connectivity index (χ2v) is 4.89. The standard InChI is InChI=1S/C12H14ClN3/c1-7-4-8(13)5-10-12(7)16-11(15-10)6-14-9-2-3-9/h4-5,9,14H,2-3,6H2,1H3,(H,15,16). The Morgan fingerprint density at radius 2 is 2.31 bits per heavy atom. The molecule has 3 rings (SSSR count). The van der Waals surface area contributed by atoms with E-state index in [0.717, 1.165) is 34.0 Å². The van der Waals surface area contributed by atoms with Crippen molar-refractivity contribution in [2.45, 2.75) is 32.4 Å². The minimum atomic E-state index is 0.706. The summed E-state index contributed by atoms with van der Waals surface area (Å²) in [6, 6.07) is 4.58. The Balaban J connectivity index is 1.91. The number of aryl methyl sites for hydroxylation is 1. The summed E-state index contributed by atoms with van der Waals surface area (Å²) in [5.74, 6) is 0.993. The summed E-state index contributed by atoms with van der Waals surface area (Å²) in [5.41, 5.74) is 3.17. The average molecular weight is 236 g/mol. The van der Waals surface area contributed by atoms with Crippen molar-refractivity contribution in [3.8, 4) is 0 Å². The van der Waals surface area contributed by atoms with E-state index < -0.39 is 0 Å². The Kier molecular flexibility index (Phi) is 2.37. The zero-order valence-electron chi connectivity index (χ0n) is 9.18. The van der Waals surface area contributed by atoms with Crippen LogP contribution in [0.25, 0.3) is 11.0 Å². The first-order valence-corrected chi connectivity index (χ1v) is 5.98. The van der Waals surface area contributed by atoms with Crippen LogP contribution in [0.4, 0.5) is 0 Å². The van der Waals surface area contributed by atoms with E-state index >= 15 is 0 Å². The van der Waals surface area contributed by atoms with Crippen LogP contribution < -0.4 is 5.32 Å². The summed E-state index contributed by atoms with van der Waals surface area (Å²) in [7, 11) is 0. The molecule has 0 aliphatic heterocycles. The van der Waals surface area contributed by atoms with Crippen LogP contribution in [0.5, 0.6) is 0 Å². The maximum absolute atomic E-state index is 6.01. The van der Waals surface area contributed by atoms with Crippen LogP contribution in [0.15, 0.2) is 12.1 Å². The molecule has 1 aromatic carbocycles. The SMILES string of the molecule is Cc1cc(Cl)cc2[nH]c(CNC3CC3)nc12. The molecular weight excluding hydrogens is 222 g/mol. The first-order valence-electron chi connectivity index (χ1n) is 5.60. The van der Waals surface area contributed by atoms with Gasteiger partial charge in [0.25, 0.3) is 0 Å². The molecule has 0 unspecified atom stereocenters. The summed E-state index contributed by atoms with van der Waals surface area (Å²) in [4.78, 5) is 7.88. The van der Waals surface area contributed by atoms with Crippen LogP contribution in [0.3, 0.4) is 0 Å². The molecule has 1 saturated carbocycles. The van der Waals surface area contributed by atoms with Crippen LogP contribution in [0, 0.1) is 6.92 Å². The van der Waals surface area contributed by atoms with Crippen molar-refractivity contribution < 1.29 is 0 Å². The number of H-pyrrole nitrogens is 1. The first kappa shape index (κ1) is 10.1. The number of halogens is 1. The lowest BCUT2D eigenvalue weighted by Gasteiger charge is -1.96. The van der Waals surface area contributed by atoms with Gasteiger partial charge >= 0.3 is 0 Å². The molecule has 0 atom stereocenters. The fraction of sp³-hybridized carbons (Fsp3) is 0.417. The van der Waals surface area contributed by atoms with Gasteiger partial charge in [0.2, 0.25) is 0 Å². The highest BCUT2D eigenvalue weighted by Gasteiger charge is 2.20. The molecule has 1 aliphatic carbocycles. The number of hydrogen-bond acceptors (Lipinski definition) is 2. The number of fused-ring (bicyclic) bond motifs is 1. The Morgan fingerprint density at radius 1 is 1.50 bits per heavy atom. The van der Waals surface area contributed by atoms with Gasteiger partial charge < -0.3 is 10.3 Å². The average Bonchev–Trinajstić information content (AvgIpc) is 2.96. The highest BCUT2D eigenvalue weighted by Crippen LogP contribution is 2.22. The number of benzene rings is 1. The van der Waals surface area contributed by atoms with Gasteiger partial charge in [-0.15, -0.1) is 0 Å². The molecule has 4 heteroatoms. The van der Waals surface area contributed by atoms with E-state index in [2.05, 4.69) is 15.3 Å². The molecule has 1 aliphatic rings. The van der Waals surface area contributed by atoms with E-state index in [4.69, 9.17) is 11.6 Å². The number of rotatable bonds is 3. The monoisotopic (exact) mass is 235 g/mol. The molecule has 0 radical (unpaired) electrons. The summed E-state index contributed by atoms with van der Waals surface area (Å²) in [6.07, 6.45) is 2.59. The van der Waals surface area contributed by atoms with Crippen LogP contribution in [0.1, 0.15) is 24.2 Å².